The third-order valence-electron chi connectivity index (χ3n) is 15.4. The van der Waals surface area contributed by atoms with Crippen LogP contribution in [0.2, 0.25) is 0 Å². The number of anilines is 6. The Balaban J connectivity index is 1.08. The minimum Gasteiger partial charge on any atom is -0.310 e. The maximum atomic E-state index is 2.49. The largest absolute Gasteiger partial charge is 0.310 e. The molecular weight excluding hydrogens is 833 g/mol. The van der Waals surface area contributed by atoms with Crippen LogP contribution in [-0.4, -0.2) is 0 Å². The van der Waals surface area contributed by atoms with Crippen molar-refractivity contribution in [2.24, 2.45) is 0 Å². The second kappa shape index (κ2) is 15.3. The van der Waals surface area contributed by atoms with Crippen LogP contribution in [0.4, 0.5) is 34.1 Å². The van der Waals surface area contributed by atoms with Gasteiger partial charge in [0.1, 0.15) is 0 Å². The predicted octanol–water partition coefficient (Wildman–Crippen LogP) is 18.0. The van der Waals surface area contributed by atoms with Crippen molar-refractivity contribution in [3.8, 4) is 44.5 Å². The zero-order valence-corrected chi connectivity index (χ0v) is 38.7. The summed E-state index contributed by atoms with van der Waals surface area (Å²) in [6.45, 7) is 4.76. The molecule has 0 spiro atoms. The third-order valence-corrected chi connectivity index (χ3v) is 15.4. The first-order chi connectivity index (χ1) is 34.0. The SMILES string of the molecule is CC1(C)c2ccccc2-c2ccc(-c3ccccc3-c3c4ccc(N5c6ccccc6Cc6ccccc65)cc4c(-c4ccccc4)c4ccc(N5c6ccccc6Cc6ccccc65)cc34)cc21. The number of fused-ring (bicyclic) bond motifs is 9. The van der Waals surface area contributed by atoms with Crippen LogP contribution in [0.5, 0.6) is 0 Å². The fourth-order valence-corrected chi connectivity index (χ4v) is 12.3. The molecule has 0 saturated carbocycles. The lowest BCUT2D eigenvalue weighted by molar-refractivity contribution is 0.660. The molecule has 11 aromatic rings. The molecule has 2 heteroatoms. The second-order valence-corrected chi connectivity index (χ2v) is 19.6. The molecule has 0 radical (unpaired) electrons. The van der Waals surface area contributed by atoms with Crippen LogP contribution < -0.4 is 9.80 Å². The molecule has 69 heavy (non-hydrogen) atoms. The van der Waals surface area contributed by atoms with E-state index in [-0.39, 0.29) is 5.41 Å². The van der Waals surface area contributed by atoms with Gasteiger partial charge in [-0.1, -0.05) is 190 Å². The number of para-hydroxylation sites is 4. The molecule has 2 aliphatic heterocycles. The highest BCUT2D eigenvalue weighted by Gasteiger charge is 2.36. The Bertz CT molecular complexity index is 3800. The van der Waals surface area contributed by atoms with E-state index >= 15 is 0 Å². The fourth-order valence-electron chi connectivity index (χ4n) is 12.3. The van der Waals surface area contributed by atoms with Crippen LogP contribution >= 0.6 is 0 Å². The smallest absolute Gasteiger partial charge is 0.0497 e. The summed E-state index contributed by atoms with van der Waals surface area (Å²) in [5, 5.41) is 4.90. The standard InChI is InChI=1S/C67H48N2/c1-67(2)59-27-13-12-25-52(59)53-35-32-44(40-60(53)67)51-24-10-11-26-54(51)66-56-37-34-49(68-61-28-14-6-20-45(61)38-46-21-7-15-29-62(46)68)41-57(56)65(43-18-4-3-5-19-43)55-36-33-50(42-58(55)66)69-63-30-16-8-22-47(63)39-48-23-9-17-31-64(48)69/h3-37,40-42H,38-39H2,1-2H3. The van der Waals surface area contributed by atoms with Gasteiger partial charge in [-0.05, 0) is 154 Å². The van der Waals surface area contributed by atoms with Gasteiger partial charge in [0.05, 0.1) is 0 Å². The molecule has 0 atom stereocenters. The molecule has 2 nitrogen and oxygen atoms in total. The minimum absolute atomic E-state index is 0.119. The van der Waals surface area contributed by atoms with Gasteiger partial charge >= 0.3 is 0 Å². The average molecular weight is 881 g/mol. The van der Waals surface area contributed by atoms with Gasteiger partial charge in [-0.2, -0.15) is 0 Å². The van der Waals surface area contributed by atoms with Gasteiger partial charge in [0.15, 0.2) is 0 Å². The predicted molar refractivity (Wildman–Crippen MR) is 290 cm³/mol. The molecule has 0 amide bonds. The van der Waals surface area contributed by atoms with Crippen molar-refractivity contribution in [3.05, 3.63) is 264 Å². The molecule has 0 unspecified atom stereocenters. The first kappa shape index (κ1) is 39.7. The summed E-state index contributed by atoms with van der Waals surface area (Å²) in [5.74, 6) is 0. The van der Waals surface area contributed by atoms with Crippen molar-refractivity contribution < 1.29 is 0 Å². The third kappa shape index (κ3) is 6.05. The van der Waals surface area contributed by atoms with E-state index in [1.165, 1.54) is 122 Å². The highest BCUT2D eigenvalue weighted by Crippen LogP contribution is 2.54. The van der Waals surface area contributed by atoms with Crippen molar-refractivity contribution in [2.75, 3.05) is 9.80 Å². The molecule has 326 valence electrons. The Kier molecular flexibility index (Phi) is 8.79. The second-order valence-electron chi connectivity index (χ2n) is 19.6. The van der Waals surface area contributed by atoms with E-state index in [0.717, 1.165) is 24.2 Å². The van der Waals surface area contributed by atoms with Crippen molar-refractivity contribution in [1.82, 2.24) is 0 Å². The summed E-state index contributed by atoms with van der Waals surface area (Å²) >= 11 is 0. The van der Waals surface area contributed by atoms with E-state index in [4.69, 9.17) is 0 Å². The quantitative estimate of drug-likeness (QED) is 0.159. The maximum absolute atomic E-state index is 2.49. The summed E-state index contributed by atoms with van der Waals surface area (Å²) in [5.41, 5.74) is 25.2. The summed E-state index contributed by atoms with van der Waals surface area (Å²) in [6.07, 6.45) is 1.83. The zero-order valence-electron chi connectivity index (χ0n) is 38.7. The average Bonchev–Trinajstić information content (AvgIpc) is 3.63. The number of rotatable bonds is 5. The Labute approximate surface area is 404 Å². The van der Waals surface area contributed by atoms with Crippen molar-refractivity contribution >= 4 is 55.7 Å². The molecule has 0 bridgehead atoms. The van der Waals surface area contributed by atoms with Crippen molar-refractivity contribution in [1.29, 1.82) is 0 Å². The molecule has 11 aromatic carbocycles. The van der Waals surface area contributed by atoms with Crippen LogP contribution in [0.3, 0.4) is 0 Å². The molecule has 1 aliphatic carbocycles. The maximum Gasteiger partial charge on any atom is 0.0497 e. The summed E-state index contributed by atoms with van der Waals surface area (Å²) in [7, 11) is 0. The van der Waals surface area contributed by atoms with Gasteiger partial charge < -0.3 is 9.80 Å². The highest BCUT2D eigenvalue weighted by atomic mass is 15.2. The van der Waals surface area contributed by atoms with Gasteiger partial charge in [0.2, 0.25) is 0 Å². The lowest BCUT2D eigenvalue weighted by atomic mass is 9.80. The molecule has 14 rings (SSSR count). The van der Waals surface area contributed by atoms with Crippen molar-refractivity contribution in [2.45, 2.75) is 32.1 Å². The molecule has 0 fully saturated rings. The Morgan fingerprint density at radius 3 is 1.30 bits per heavy atom. The van der Waals surface area contributed by atoms with Crippen LogP contribution in [0.15, 0.2) is 231 Å². The number of hydrogen-bond acceptors (Lipinski definition) is 2. The van der Waals surface area contributed by atoms with Crippen LogP contribution in [0.1, 0.15) is 47.2 Å². The molecule has 0 saturated heterocycles. The van der Waals surface area contributed by atoms with E-state index < -0.39 is 0 Å². The first-order valence-electron chi connectivity index (χ1n) is 24.3. The van der Waals surface area contributed by atoms with Gasteiger partial charge in [-0.25, -0.2) is 0 Å². The van der Waals surface area contributed by atoms with Gasteiger partial charge in [0.25, 0.3) is 0 Å². The Morgan fingerprint density at radius 1 is 0.304 bits per heavy atom. The van der Waals surface area contributed by atoms with E-state index in [0.29, 0.717) is 0 Å². The monoisotopic (exact) mass is 880 g/mol. The van der Waals surface area contributed by atoms with Gasteiger partial charge in [-0.15, -0.1) is 0 Å². The summed E-state index contributed by atoms with van der Waals surface area (Å²) in [6, 6.07) is 86.5. The molecule has 0 aromatic heterocycles. The molecule has 2 heterocycles. The summed E-state index contributed by atoms with van der Waals surface area (Å²) in [4.78, 5) is 4.98. The van der Waals surface area contributed by atoms with E-state index in [1.807, 2.05) is 0 Å². The van der Waals surface area contributed by atoms with Gasteiger partial charge in [-0.3, -0.25) is 0 Å². The van der Waals surface area contributed by atoms with Crippen LogP contribution in [0.25, 0.3) is 66.1 Å². The zero-order chi connectivity index (χ0) is 45.8. The number of hydrogen-bond donors (Lipinski definition) is 0. The molecular formula is C67H48N2. The van der Waals surface area contributed by atoms with Crippen LogP contribution in [-0.2, 0) is 18.3 Å². The lowest BCUT2D eigenvalue weighted by Gasteiger charge is -2.34. The Morgan fingerprint density at radius 2 is 0.739 bits per heavy atom. The van der Waals surface area contributed by atoms with Crippen LogP contribution in [0, 0.1) is 0 Å². The normalized spacial score (nSPS) is 13.9. The van der Waals surface area contributed by atoms with E-state index in [2.05, 4.69) is 254 Å². The topological polar surface area (TPSA) is 6.48 Å². The summed E-state index contributed by atoms with van der Waals surface area (Å²) < 4.78 is 0. The van der Waals surface area contributed by atoms with Gasteiger partial charge in [0, 0.05) is 52.4 Å². The first-order valence-corrected chi connectivity index (χ1v) is 24.3. The van der Waals surface area contributed by atoms with E-state index in [1.54, 1.807) is 0 Å². The minimum atomic E-state index is -0.119. The fraction of sp³-hybridized carbons (Fsp3) is 0.0746. The lowest BCUT2D eigenvalue weighted by Crippen LogP contribution is -2.18. The number of benzene rings is 11. The van der Waals surface area contributed by atoms with Crippen molar-refractivity contribution in [3.63, 3.8) is 0 Å². The Hall–Kier alpha value is -8.46. The van der Waals surface area contributed by atoms with E-state index in [9.17, 15) is 0 Å². The number of nitrogens with zero attached hydrogens (tertiary/aromatic N) is 2. The highest BCUT2D eigenvalue weighted by molar-refractivity contribution is 6.23. The molecule has 0 N–H and O–H groups in total. The molecule has 3 aliphatic rings.